The van der Waals surface area contributed by atoms with Crippen LogP contribution in [0.3, 0.4) is 0 Å². The Hall–Kier alpha value is -1.32. The zero-order valence-corrected chi connectivity index (χ0v) is 9.82. The van der Waals surface area contributed by atoms with Crippen LogP contribution in [-0.4, -0.2) is 16.2 Å². The minimum Gasteiger partial charge on any atom is -0.382 e. The van der Waals surface area contributed by atoms with E-state index in [0.29, 0.717) is 11.9 Å². The van der Waals surface area contributed by atoms with Crippen LogP contribution in [0.4, 0.5) is 11.6 Å². The molecule has 0 amide bonds. The molecule has 1 aromatic rings. The first kappa shape index (κ1) is 11.2. The Labute approximate surface area is 96.6 Å². The average Bonchev–Trinajstić information content (AvgIpc) is 2.47. The highest BCUT2D eigenvalue weighted by Crippen LogP contribution is 2.24. The lowest BCUT2D eigenvalue weighted by Crippen LogP contribution is -2.19. The molecule has 16 heavy (non-hydrogen) atoms. The second kappa shape index (κ2) is 5.14. The van der Waals surface area contributed by atoms with Gasteiger partial charge in [0, 0.05) is 6.04 Å². The maximum atomic E-state index is 5.50. The smallest absolute Gasteiger partial charge is 0.149 e. The highest BCUT2D eigenvalue weighted by Gasteiger charge is 2.16. The van der Waals surface area contributed by atoms with Crippen LogP contribution in [-0.2, 0) is 0 Å². The molecule has 1 aliphatic rings. The molecule has 0 saturated heterocycles. The lowest BCUT2D eigenvalue weighted by atomic mass is 10.0. The fourth-order valence-corrected chi connectivity index (χ4v) is 2.26. The van der Waals surface area contributed by atoms with Gasteiger partial charge in [-0.15, -0.1) is 10.2 Å². The third kappa shape index (κ3) is 3.08. The molecule has 1 saturated carbocycles. The van der Waals surface area contributed by atoms with Crippen molar-refractivity contribution in [2.75, 3.05) is 11.1 Å². The van der Waals surface area contributed by atoms with E-state index >= 15 is 0 Å². The van der Waals surface area contributed by atoms with Crippen LogP contribution >= 0.6 is 0 Å². The average molecular weight is 220 g/mol. The molecule has 4 nitrogen and oxygen atoms in total. The van der Waals surface area contributed by atoms with Crippen LogP contribution in [0, 0.1) is 5.92 Å². The van der Waals surface area contributed by atoms with Gasteiger partial charge < -0.3 is 11.1 Å². The maximum Gasteiger partial charge on any atom is 0.149 e. The second-order valence-corrected chi connectivity index (χ2v) is 4.80. The third-order valence-corrected chi connectivity index (χ3v) is 3.29. The van der Waals surface area contributed by atoms with Gasteiger partial charge in [-0.3, -0.25) is 0 Å². The number of nitrogens with one attached hydrogen (secondary N) is 1. The molecule has 0 radical (unpaired) electrons. The van der Waals surface area contributed by atoms with Gasteiger partial charge in [0.25, 0.3) is 0 Å². The minimum absolute atomic E-state index is 0.472. The fraction of sp³-hybridized carbons (Fsp3) is 0.667. The molecule has 1 fully saturated rings. The van der Waals surface area contributed by atoms with E-state index in [1.807, 2.05) is 6.07 Å². The van der Waals surface area contributed by atoms with Crippen molar-refractivity contribution in [3.8, 4) is 0 Å². The largest absolute Gasteiger partial charge is 0.382 e. The Balaban J connectivity index is 1.91. The van der Waals surface area contributed by atoms with Crippen LogP contribution in [0.15, 0.2) is 12.1 Å². The van der Waals surface area contributed by atoms with Gasteiger partial charge >= 0.3 is 0 Å². The second-order valence-electron chi connectivity index (χ2n) is 4.80. The normalized spacial score (nSPS) is 26.1. The molecule has 0 bridgehead atoms. The molecule has 3 N–H and O–H groups in total. The minimum atomic E-state index is 0.472. The van der Waals surface area contributed by atoms with Crippen LogP contribution in [0.25, 0.3) is 0 Å². The summed E-state index contributed by atoms with van der Waals surface area (Å²) in [7, 11) is 0. The molecule has 1 aromatic heterocycles. The SMILES string of the molecule is CC1CCCC(Nc2ccc(N)nn2)CC1. The van der Waals surface area contributed by atoms with Gasteiger partial charge in [-0.1, -0.05) is 19.8 Å². The fourth-order valence-electron chi connectivity index (χ4n) is 2.26. The van der Waals surface area contributed by atoms with E-state index in [9.17, 15) is 0 Å². The van der Waals surface area contributed by atoms with Gasteiger partial charge in [0.05, 0.1) is 0 Å². The van der Waals surface area contributed by atoms with Crippen LogP contribution in [0.5, 0.6) is 0 Å². The van der Waals surface area contributed by atoms with Crippen molar-refractivity contribution in [2.45, 2.75) is 45.1 Å². The zero-order valence-electron chi connectivity index (χ0n) is 9.82. The lowest BCUT2D eigenvalue weighted by molar-refractivity contribution is 0.501. The Kier molecular flexibility index (Phi) is 3.59. The molecule has 1 aliphatic carbocycles. The van der Waals surface area contributed by atoms with E-state index in [2.05, 4.69) is 22.4 Å². The number of nitrogen functional groups attached to an aromatic ring is 1. The first-order valence-corrected chi connectivity index (χ1v) is 6.10. The summed E-state index contributed by atoms with van der Waals surface area (Å²) in [6, 6.07) is 4.23. The van der Waals surface area contributed by atoms with E-state index < -0.39 is 0 Å². The van der Waals surface area contributed by atoms with Crippen molar-refractivity contribution in [2.24, 2.45) is 5.92 Å². The molecule has 2 atom stereocenters. The van der Waals surface area contributed by atoms with Gasteiger partial charge in [0.2, 0.25) is 0 Å². The summed E-state index contributed by atoms with van der Waals surface area (Å²) in [6.07, 6.45) is 6.43. The summed E-state index contributed by atoms with van der Waals surface area (Å²) in [4.78, 5) is 0. The van der Waals surface area contributed by atoms with Crippen molar-refractivity contribution < 1.29 is 0 Å². The molecule has 88 valence electrons. The van der Waals surface area contributed by atoms with Crippen LogP contribution < -0.4 is 11.1 Å². The maximum absolute atomic E-state index is 5.50. The Morgan fingerprint density at radius 2 is 2.06 bits per heavy atom. The first-order valence-electron chi connectivity index (χ1n) is 6.10. The number of nitrogens with zero attached hydrogens (tertiary/aromatic N) is 2. The number of hydrogen-bond acceptors (Lipinski definition) is 4. The number of hydrogen-bond donors (Lipinski definition) is 2. The summed E-state index contributed by atoms with van der Waals surface area (Å²) in [5.41, 5.74) is 5.50. The number of nitrogens with two attached hydrogens (primary N) is 1. The van der Waals surface area contributed by atoms with Gasteiger partial charge in [-0.05, 0) is 37.3 Å². The highest BCUT2D eigenvalue weighted by atomic mass is 15.2. The standard InChI is InChI=1S/C12H20N4/c1-9-3-2-4-10(6-5-9)14-12-8-7-11(13)15-16-12/h7-10H,2-6H2,1H3,(H2,13,15)(H,14,16). The van der Waals surface area contributed by atoms with Gasteiger partial charge in [0.15, 0.2) is 0 Å². The molecule has 2 rings (SSSR count). The molecule has 4 heteroatoms. The topological polar surface area (TPSA) is 63.8 Å². The van der Waals surface area contributed by atoms with Crippen molar-refractivity contribution >= 4 is 11.6 Å². The molecule has 0 aromatic carbocycles. The monoisotopic (exact) mass is 220 g/mol. The summed E-state index contributed by atoms with van der Waals surface area (Å²) < 4.78 is 0. The molecule has 1 heterocycles. The van der Waals surface area contributed by atoms with Gasteiger partial charge in [0.1, 0.15) is 11.6 Å². The number of rotatable bonds is 2. The van der Waals surface area contributed by atoms with E-state index in [-0.39, 0.29) is 0 Å². The van der Waals surface area contributed by atoms with Crippen LogP contribution in [0.2, 0.25) is 0 Å². The predicted octanol–water partition coefficient (Wildman–Crippen LogP) is 2.44. The number of aromatic nitrogens is 2. The first-order chi connectivity index (χ1) is 7.74. The Morgan fingerprint density at radius 3 is 2.81 bits per heavy atom. The van der Waals surface area contributed by atoms with Crippen molar-refractivity contribution in [1.29, 1.82) is 0 Å². The lowest BCUT2D eigenvalue weighted by Gasteiger charge is -2.16. The Morgan fingerprint density at radius 1 is 1.19 bits per heavy atom. The van der Waals surface area contributed by atoms with Gasteiger partial charge in [-0.2, -0.15) is 0 Å². The van der Waals surface area contributed by atoms with Crippen molar-refractivity contribution in [3.05, 3.63) is 12.1 Å². The van der Waals surface area contributed by atoms with Crippen molar-refractivity contribution in [1.82, 2.24) is 10.2 Å². The van der Waals surface area contributed by atoms with Gasteiger partial charge in [-0.25, -0.2) is 0 Å². The molecule has 0 aliphatic heterocycles. The summed E-state index contributed by atoms with van der Waals surface area (Å²) in [5.74, 6) is 2.18. The summed E-state index contributed by atoms with van der Waals surface area (Å²) in [5, 5.41) is 11.3. The van der Waals surface area contributed by atoms with E-state index in [1.54, 1.807) is 6.07 Å². The zero-order chi connectivity index (χ0) is 11.4. The molecular formula is C12H20N4. The quantitative estimate of drug-likeness (QED) is 0.751. The van der Waals surface area contributed by atoms with E-state index in [4.69, 9.17) is 5.73 Å². The third-order valence-electron chi connectivity index (χ3n) is 3.29. The van der Waals surface area contributed by atoms with Crippen molar-refractivity contribution in [3.63, 3.8) is 0 Å². The molecule has 2 unspecified atom stereocenters. The summed E-state index contributed by atoms with van der Waals surface area (Å²) >= 11 is 0. The molecular weight excluding hydrogens is 200 g/mol. The van der Waals surface area contributed by atoms with Crippen LogP contribution in [0.1, 0.15) is 39.0 Å². The Bertz CT molecular complexity index is 322. The predicted molar refractivity (Wildman–Crippen MR) is 66.1 cm³/mol. The van der Waals surface area contributed by atoms with E-state index in [0.717, 1.165) is 11.7 Å². The molecule has 0 spiro atoms. The number of anilines is 2. The van der Waals surface area contributed by atoms with E-state index in [1.165, 1.54) is 32.1 Å². The highest BCUT2D eigenvalue weighted by molar-refractivity contribution is 5.39. The summed E-state index contributed by atoms with van der Waals surface area (Å²) in [6.45, 7) is 2.34.